The Morgan fingerprint density at radius 3 is 0.394 bits per heavy atom. The molecule has 4 saturated heterocycles. The van der Waals surface area contributed by atoms with Crippen molar-refractivity contribution in [2.24, 2.45) is 21.7 Å². The van der Waals surface area contributed by atoms with E-state index < -0.39 is 60.9 Å². The summed E-state index contributed by atoms with van der Waals surface area (Å²) in [7, 11) is -21.3. The molecule has 4 aliphatic rings. The molecule has 0 unspecified atom stereocenters. The fraction of sp³-hybridized carbons (Fsp3) is 0.889. The number of nitrogens with one attached hydrogen (secondary N) is 4. The van der Waals surface area contributed by atoms with Crippen LogP contribution in [0.25, 0.3) is 0 Å². The van der Waals surface area contributed by atoms with Gasteiger partial charge in [0.25, 0.3) is 0 Å². The van der Waals surface area contributed by atoms with E-state index in [2.05, 4.69) is 0 Å². The van der Waals surface area contributed by atoms with Crippen LogP contribution in [0.1, 0.15) is 134 Å². The molecule has 0 aromatic heterocycles. The van der Waals surface area contributed by atoms with E-state index in [1.165, 1.54) is 51.4 Å². The van der Waals surface area contributed by atoms with Gasteiger partial charge in [0.05, 0.1) is 0 Å². The molecule has 0 aromatic rings. The van der Waals surface area contributed by atoms with Gasteiger partial charge in [-0.15, -0.1) is 0 Å². The van der Waals surface area contributed by atoms with Gasteiger partial charge < -0.3 is 96.6 Å². The van der Waals surface area contributed by atoms with Crippen LogP contribution in [0.4, 0.5) is 50.4 Å². The van der Waals surface area contributed by atoms with Crippen LogP contribution >= 0.6 is 15.6 Å². The molecule has 20 N–H and O–H groups in total. The molecule has 0 radical (unpaired) electrons. The second-order valence-electron chi connectivity index (χ2n) is 17.5. The Kier molecular flexibility index (Phi) is 69.5. The number of hydrogen-bond donors (Lipinski definition) is 8. The van der Waals surface area contributed by atoms with Crippen molar-refractivity contribution in [1.29, 1.82) is 21.6 Å². The normalized spacial score (nSPS) is 15.8. The summed E-state index contributed by atoms with van der Waals surface area (Å²) in [6, 6.07) is 0. The molecule has 4 aliphatic heterocycles. The maximum absolute atomic E-state index is 10.7. The summed E-state index contributed by atoms with van der Waals surface area (Å²) in [6.45, 7) is 28.7. The van der Waals surface area contributed by atoms with Crippen LogP contribution in [-0.2, 0) is 81.5 Å². The van der Waals surface area contributed by atoms with Gasteiger partial charge in [0.2, 0.25) is 0 Å². The second-order valence-corrected chi connectivity index (χ2v) is 21.3. The number of ether oxygens (including phenoxy) is 4. The molecule has 0 atom stereocenters. The monoisotopic (exact) mass is 1580 g/mol. The van der Waals surface area contributed by atoms with Crippen LogP contribution in [0.5, 0.6) is 0 Å². The summed E-state index contributed by atoms with van der Waals surface area (Å²) < 4.78 is 138. The molecule has 18 nitrogen and oxygen atoms in total. The number of halogens is 12. The Labute approximate surface area is 455 Å². The third kappa shape index (κ3) is 167. The first-order chi connectivity index (χ1) is 26.7. The molecular formula is C36H88F12N8O10P2PdPt2+4. The molecule has 452 valence electrons. The molecule has 35 heteroatoms. The first-order valence-corrected chi connectivity index (χ1v) is 23.2. The van der Waals surface area contributed by atoms with Crippen LogP contribution in [0, 0.1) is 43.3 Å². The Balaban J connectivity index is -0.0000000373. The molecule has 4 rings (SSSR count). The van der Waals surface area contributed by atoms with E-state index in [0.29, 0.717) is 0 Å². The Morgan fingerprint density at radius 1 is 0.324 bits per heavy atom. The largest absolute Gasteiger partial charge is 4.00 e. The molecule has 4 heterocycles. The quantitative estimate of drug-likeness (QED) is 0.0369. The Hall–Kier alpha value is -0.461. The summed E-state index contributed by atoms with van der Waals surface area (Å²) in [5.74, 6) is -2.03. The fourth-order valence-electron chi connectivity index (χ4n) is 2.04. The van der Waals surface area contributed by atoms with Crippen molar-refractivity contribution in [3.05, 3.63) is 0 Å². The van der Waals surface area contributed by atoms with Crippen LogP contribution < -0.4 is 45.0 Å². The second kappa shape index (κ2) is 44.6. The molecule has 0 saturated carbocycles. The maximum Gasteiger partial charge on any atom is 4.00 e. The first-order valence-electron chi connectivity index (χ1n) is 19.2. The predicted octanol–water partition coefficient (Wildman–Crippen LogP) is 10.4. The van der Waals surface area contributed by atoms with E-state index in [-0.39, 0.29) is 98.1 Å². The average molecular weight is 1580 g/mol. The minimum atomic E-state index is -10.7. The molecular weight excluding hydrogens is 1490 g/mol. The van der Waals surface area contributed by atoms with Crippen LogP contribution in [0.3, 0.4) is 0 Å². The number of rotatable bonds is 0. The fourth-order valence-corrected chi connectivity index (χ4v) is 2.04. The van der Waals surface area contributed by atoms with Crippen molar-refractivity contribution in [3.8, 4) is 0 Å². The Bertz CT molecular complexity index is 1060. The standard InChI is InChI=1S/4C5H11NO.4C4H8O.2F6P.4H3N.2H2O.Pd.2Pt/c4*1-5(2,3)4(6)7;4*1-2-4-5-3-1;2*1-7(2,3,4,5)6;;;;;;;;;/h4*1-3H3,(H2,6,7);4*1-4H2;;;4*1H3;2*1H2;;;/q;;;;;;;;2*-1;;;;;;;+2;2*+4/p-4. The van der Waals surface area contributed by atoms with Crippen molar-refractivity contribution in [2.75, 3.05) is 52.9 Å². The van der Waals surface area contributed by atoms with Crippen molar-refractivity contribution >= 4 is 39.2 Å². The zero-order valence-electron chi connectivity index (χ0n) is 42.8. The van der Waals surface area contributed by atoms with Crippen molar-refractivity contribution in [1.82, 2.24) is 24.6 Å². The molecule has 0 aromatic carbocycles. The van der Waals surface area contributed by atoms with E-state index in [4.69, 9.17) is 40.6 Å². The van der Waals surface area contributed by atoms with Crippen molar-refractivity contribution in [2.45, 2.75) is 134 Å². The minimum Gasteiger partial charge on any atom is -0.412 e. The van der Waals surface area contributed by atoms with Crippen LogP contribution in [0.2, 0.25) is 0 Å². The first kappa shape index (κ1) is 111. The van der Waals surface area contributed by atoms with E-state index in [1.807, 2.05) is 0 Å². The van der Waals surface area contributed by atoms with Gasteiger partial charge >= 0.3 is 129 Å². The molecule has 0 aliphatic carbocycles. The zero-order chi connectivity index (χ0) is 51.3. The van der Waals surface area contributed by atoms with E-state index >= 15 is 0 Å². The van der Waals surface area contributed by atoms with E-state index in [1.54, 1.807) is 83.1 Å². The molecule has 0 bridgehead atoms. The maximum atomic E-state index is 10.1. The van der Waals surface area contributed by atoms with Crippen LogP contribution in [-0.4, -0.2) is 87.4 Å². The van der Waals surface area contributed by atoms with Crippen molar-refractivity contribution < 1.29 is 163 Å². The molecule has 4 fully saturated rings. The molecule has 0 amide bonds. The third-order valence-electron chi connectivity index (χ3n) is 6.03. The van der Waals surface area contributed by atoms with Gasteiger partial charge in [-0.05, 0) is 96.6 Å². The SMILES string of the molecule is C1CCOC1.C1CCOC1.C1CCOC1.C1CCOC1.CC(C)(C)C(=N)[O-].CC(C)(C)C(=N)[O-].CC(C)(C)C(=N)[O-].CC(C)(C)C(=N)[O-].F[P-](F)(F)(F)(F)F.F[P-](F)(F)(F)(F)F.N.N.N.N.O.O.[Pd+2].[Pt+4].[Pt+4]. The van der Waals surface area contributed by atoms with Gasteiger partial charge in [-0.1, -0.05) is 83.1 Å². The van der Waals surface area contributed by atoms with E-state index in [9.17, 15) is 70.8 Å². The van der Waals surface area contributed by atoms with Gasteiger partial charge in [-0.3, -0.25) is 0 Å². The van der Waals surface area contributed by atoms with Gasteiger partial charge in [-0.25, -0.2) is 0 Å². The number of hydrogen-bond acceptors (Lipinski definition) is 16. The van der Waals surface area contributed by atoms with Crippen LogP contribution in [0.15, 0.2) is 0 Å². The minimum absolute atomic E-state index is 0. The van der Waals surface area contributed by atoms with Gasteiger partial charge in [0, 0.05) is 52.9 Å². The van der Waals surface area contributed by atoms with E-state index in [0.717, 1.165) is 52.9 Å². The summed E-state index contributed by atoms with van der Waals surface area (Å²) in [6.07, 6.45) is 10.2. The smallest absolute Gasteiger partial charge is 0.412 e. The summed E-state index contributed by atoms with van der Waals surface area (Å²) in [4.78, 5) is 0. The third-order valence-corrected chi connectivity index (χ3v) is 6.03. The topological polar surface area (TPSA) is 428 Å². The van der Waals surface area contributed by atoms with Gasteiger partial charge in [0.15, 0.2) is 0 Å². The predicted molar refractivity (Wildman–Crippen MR) is 243 cm³/mol. The summed E-state index contributed by atoms with van der Waals surface area (Å²) in [5.41, 5.74) is -1.89. The average Bonchev–Trinajstić information content (AvgIpc) is 3.84. The van der Waals surface area contributed by atoms with Crippen molar-refractivity contribution in [3.63, 3.8) is 0 Å². The summed E-state index contributed by atoms with van der Waals surface area (Å²) >= 11 is 0. The van der Waals surface area contributed by atoms with Gasteiger partial charge in [-0.2, -0.15) is 0 Å². The van der Waals surface area contributed by atoms with Gasteiger partial charge in [0.1, 0.15) is 0 Å². The zero-order valence-corrected chi connectivity index (χ0v) is 50.7. The molecule has 0 spiro atoms. The molecule has 71 heavy (non-hydrogen) atoms. The summed E-state index contributed by atoms with van der Waals surface area (Å²) in [5, 5.41) is 66.9. The Morgan fingerprint density at radius 2 is 0.380 bits per heavy atom.